The van der Waals surface area contributed by atoms with Gasteiger partial charge in [-0.2, -0.15) is 4.83 Å². The van der Waals surface area contributed by atoms with Crippen LogP contribution in [0.3, 0.4) is 0 Å². The van der Waals surface area contributed by atoms with Crippen LogP contribution in [-0.2, 0) is 10.0 Å². The van der Waals surface area contributed by atoms with Crippen molar-refractivity contribution in [2.45, 2.75) is 4.90 Å². The van der Waals surface area contributed by atoms with Gasteiger partial charge >= 0.3 is 0 Å². The van der Waals surface area contributed by atoms with Crippen LogP contribution in [0.1, 0.15) is 15.9 Å². The van der Waals surface area contributed by atoms with E-state index < -0.39 is 10.0 Å². The second-order valence-corrected chi connectivity index (χ2v) is 6.37. The summed E-state index contributed by atoms with van der Waals surface area (Å²) in [6, 6.07) is 13.0. The summed E-state index contributed by atoms with van der Waals surface area (Å²) in [5, 5.41) is 0.736. The summed E-state index contributed by atoms with van der Waals surface area (Å²) in [6.45, 7) is 0. The minimum Gasteiger partial charge on any atom is -0.361 e. The van der Waals surface area contributed by atoms with Crippen LogP contribution in [0.4, 0.5) is 0 Å². The van der Waals surface area contributed by atoms with E-state index in [-0.39, 0.29) is 16.2 Å². The third kappa shape index (κ3) is 2.31. The van der Waals surface area contributed by atoms with Gasteiger partial charge in [0.15, 0.2) is 5.78 Å². The predicted octanol–water partition coefficient (Wildman–Crippen LogP) is 1.55. The highest BCUT2D eigenvalue weighted by Crippen LogP contribution is 2.24. The number of rotatable bonds is 4. The van der Waals surface area contributed by atoms with Gasteiger partial charge in [0, 0.05) is 28.2 Å². The fourth-order valence-electron chi connectivity index (χ4n) is 2.38. The first-order chi connectivity index (χ1) is 10.5. The monoisotopic (exact) mass is 315 g/mol. The molecule has 0 fully saturated rings. The van der Waals surface area contributed by atoms with Crippen molar-refractivity contribution in [3.8, 4) is 0 Å². The van der Waals surface area contributed by atoms with Crippen LogP contribution >= 0.6 is 0 Å². The molecule has 1 aromatic heterocycles. The number of ketones is 1. The molecule has 0 aliphatic heterocycles. The zero-order valence-corrected chi connectivity index (χ0v) is 12.2. The van der Waals surface area contributed by atoms with Gasteiger partial charge in [-0.3, -0.25) is 10.6 Å². The standard InChI is InChI=1S/C15H13N3O3S/c16-18-22(20,21)14-7-2-1-4-12(14)15(19)11-5-3-6-13-10(11)8-9-17-13/h1-9,17-18H,16H2. The Morgan fingerprint density at radius 1 is 1.00 bits per heavy atom. The Hall–Kier alpha value is -2.48. The largest absolute Gasteiger partial charge is 0.361 e. The highest BCUT2D eigenvalue weighted by atomic mass is 32.2. The Morgan fingerprint density at radius 2 is 1.73 bits per heavy atom. The van der Waals surface area contributed by atoms with E-state index in [1.165, 1.54) is 18.2 Å². The molecule has 0 saturated carbocycles. The van der Waals surface area contributed by atoms with E-state index in [1.807, 2.05) is 6.07 Å². The van der Waals surface area contributed by atoms with Gasteiger partial charge in [0.2, 0.25) is 0 Å². The van der Waals surface area contributed by atoms with Gasteiger partial charge in [-0.05, 0) is 24.3 Å². The van der Waals surface area contributed by atoms with Crippen molar-refractivity contribution in [1.29, 1.82) is 0 Å². The molecule has 1 heterocycles. The molecule has 0 amide bonds. The first-order valence-corrected chi connectivity index (χ1v) is 7.95. The highest BCUT2D eigenvalue weighted by Gasteiger charge is 2.22. The van der Waals surface area contributed by atoms with Crippen molar-refractivity contribution in [2.75, 3.05) is 0 Å². The third-order valence-electron chi connectivity index (χ3n) is 3.42. The molecule has 0 aliphatic rings. The number of hydrogen-bond acceptors (Lipinski definition) is 4. The van der Waals surface area contributed by atoms with Crippen LogP contribution < -0.4 is 10.7 Å². The Bertz CT molecular complexity index is 961. The first-order valence-electron chi connectivity index (χ1n) is 6.47. The van der Waals surface area contributed by atoms with Gasteiger partial charge in [-0.15, -0.1) is 0 Å². The molecule has 6 nitrogen and oxygen atoms in total. The number of hydrogen-bond donors (Lipinski definition) is 3. The van der Waals surface area contributed by atoms with Crippen LogP contribution in [0.15, 0.2) is 59.6 Å². The van der Waals surface area contributed by atoms with E-state index >= 15 is 0 Å². The van der Waals surface area contributed by atoms with E-state index in [4.69, 9.17) is 5.84 Å². The molecule has 2 aromatic carbocycles. The summed E-state index contributed by atoms with van der Waals surface area (Å²) in [5.74, 6) is 4.69. The number of nitrogens with two attached hydrogens (primary N) is 1. The fraction of sp³-hybridized carbons (Fsp3) is 0. The summed E-state index contributed by atoms with van der Waals surface area (Å²) < 4.78 is 24.0. The number of carbonyl (C=O) groups is 1. The topological polar surface area (TPSA) is 105 Å². The maximum atomic E-state index is 12.8. The van der Waals surface area contributed by atoms with E-state index in [0.717, 1.165) is 10.9 Å². The SMILES string of the molecule is NNS(=O)(=O)c1ccccc1C(=O)c1cccc2[nH]ccc12. The summed E-state index contributed by atoms with van der Waals surface area (Å²) in [5.41, 5.74) is 1.32. The van der Waals surface area contributed by atoms with Gasteiger partial charge in [0.1, 0.15) is 0 Å². The average molecular weight is 315 g/mol. The molecule has 0 bridgehead atoms. The molecular formula is C15H13N3O3S. The first kappa shape index (κ1) is 14.5. The Kier molecular flexibility index (Phi) is 3.53. The van der Waals surface area contributed by atoms with E-state index in [0.29, 0.717) is 5.56 Å². The lowest BCUT2D eigenvalue weighted by Gasteiger charge is -2.09. The van der Waals surface area contributed by atoms with Crippen molar-refractivity contribution in [2.24, 2.45) is 5.84 Å². The van der Waals surface area contributed by atoms with Crippen LogP contribution in [0.25, 0.3) is 10.9 Å². The van der Waals surface area contributed by atoms with Crippen LogP contribution in [0.5, 0.6) is 0 Å². The molecule has 112 valence electrons. The molecule has 0 radical (unpaired) electrons. The molecule has 0 spiro atoms. The van der Waals surface area contributed by atoms with Gasteiger partial charge in [0.25, 0.3) is 10.0 Å². The molecule has 0 unspecified atom stereocenters. The predicted molar refractivity (Wildman–Crippen MR) is 82.7 cm³/mol. The number of benzene rings is 2. The van der Waals surface area contributed by atoms with Crippen molar-refractivity contribution in [3.63, 3.8) is 0 Å². The minimum absolute atomic E-state index is 0.0779. The molecule has 4 N–H and O–H groups in total. The number of aromatic amines is 1. The van der Waals surface area contributed by atoms with Gasteiger partial charge < -0.3 is 4.98 Å². The number of hydrazine groups is 1. The number of sulfonamides is 1. The number of H-pyrrole nitrogens is 1. The van der Waals surface area contributed by atoms with E-state index in [2.05, 4.69) is 4.98 Å². The summed E-state index contributed by atoms with van der Waals surface area (Å²) >= 11 is 0. The molecule has 7 heteroatoms. The number of nitrogens with one attached hydrogen (secondary N) is 2. The number of fused-ring (bicyclic) bond motifs is 1. The molecule has 0 aliphatic carbocycles. The Balaban J connectivity index is 2.21. The quantitative estimate of drug-likeness (QED) is 0.386. The lowest BCUT2D eigenvalue weighted by molar-refractivity contribution is 0.103. The average Bonchev–Trinajstić information content (AvgIpc) is 3.02. The van der Waals surface area contributed by atoms with Crippen LogP contribution in [0, 0.1) is 0 Å². The highest BCUT2D eigenvalue weighted by molar-refractivity contribution is 7.89. The zero-order valence-electron chi connectivity index (χ0n) is 11.4. The normalized spacial score (nSPS) is 11.7. The fourth-order valence-corrected chi connectivity index (χ4v) is 3.22. The van der Waals surface area contributed by atoms with E-state index in [9.17, 15) is 13.2 Å². The molecule has 0 atom stereocenters. The number of carbonyl (C=O) groups excluding carboxylic acids is 1. The lowest BCUT2D eigenvalue weighted by atomic mass is 10.0. The summed E-state index contributed by atoms with van der Waals surface area (Å²) in [6.07, 6.45) is 1.73. The van der Waals surface area contributed by atoms with Gasteiger partial charge in [0.05, 0.1) is 4.90 Å². The van der Waals surface area contributed by atoms with Crippen molar-refractivity contribution < 1.29 is 13.2 Å². The second kappa shape index (κ2) is 5.38. The number of aromatic nitrogens is 1. The lowest BCUT2D eigenvalue weighted by Crippen LogP contribution is -2.31. The molecule has 0 saturated heterocycles. The molecular weight excluding hydrogens is 302 g/mol. The van der Waals surface area contributed by atoms with Gasteiger partial charge in [-0.1, -0.05) is 24.3 Å². The van der Waals surface area contributed by atoms with Crippen molar-refractivity contribution in [3.05, 3.63) is 65.9 Å². The maximum Gasteiger partial charge on any atom is 0.253 e. The molecule has 3 rings (SSSR count). The van der Waals surface area contributed by atoms with Gasteiger partial charge in [-0.25, -0.2) is 8.42 Å². The summed E-state index contributed by atoms with van der Waals surface area (Å²) in [7, 11) is -3.92. The smallest absolute Gasteiger partial charge is 0.253 e. The maximum absolute atomic E-state index is 12.8. The Morgan fingerprint density at radius 3 is 2.50 bits per heavy atom. The molecule has 3 aromatic rings. The van der Waals surface area contributed by atoms with Crippen LogP contribution in [-0.4, -0.2) is 19.2 Å². The second-order valence-electron chi connectivity index (χ2n) is 4.69. The minimum atomic E-state index is -3.92. The third-order valence-corrected chi connectivity index (χ3v) is 4.66. The zero-order chi connectivity index (χ0) is 15.7. The van der Waals surface area contributed by atoms with Crippen LogP contribution in [0.2, 0.25) is 0 Å². The molecule has 22 heavy (non-hydrogen) atoms. The van der Waals surface area contributed by atoms with Crippen molar-refractivity contribution in [1.82, 2.24) is 9.82 Å². The Labute approximate surface area is 127 Å². The van der Waals surface area contributed by atoms with Crippen molar-refractivity contribution >= 4 is 26.7 Å². The van der Waals surface area contributed by atoms with E-state index in [1.54, 1.807) is 35.3 Å². The summed E-state index contributed by atoms with van der Waals surface area (Å²) in [4.78, 5) is 17.4.